The van der Waals surface area contributed by atoms with Crippen LogP contribution in [-0.2, 0) is 28.9 Å². The molecule has 0 radical (unpaired) electrons. The monoisotopic (exact) mass is 542 g/mol. The summed E-state index contributed by atoms with van der Waals surface area (Å²) in [4.78, 5) is 11.6. The first-order chi connectivity index (χ1) is 14.3. The van der Waals surface area contributed by atoms with Gasteiger partial charge in [0.25, 0.3) is 0 Å². The molecule has 0 saturated carbocycles. The Morgan fingerprint density at radius 3 is 2.80 bits per heavy atom. The fraction of sp³-hybridized carbons (Fsp3) is 0.545. The van der Waals surface area contributed by atoms with E-state index in [1.165, 1.54) is 10.6 Å². The Kier molecular flexibility index (Phi) is 9.35. The SMILES string of the molecule is CN=C(NCc1csc(CCc2ccccc2)n1)N1CCOC(C2CCCO2)C1.I. The van der Waals surface area contributed by atoms with Crippen molar-refractivity contribution in [1.29, 1.82) is 0 Å². The van der Waals surface area contributed by atoms with Crippen molar-refractivity contribution in [2.24, 2.45) is 4.99 Å². The molecular weight excluding hydrogens is 511 g/mol. The fourth-order valence-electron chi connectivity index (χ4n) is 3.93. The van der Waals surface area contributed by atoms with Gasteiger partial charge in [0.1, 0.15) is 6.10 Å². The third kappa shape index (κ3) is 6.38. The van der Waals surface area contributed by atoms with Crippen LogP contribution in [0.2, 0.25) is 0 Å². The van der Waals surface area contributed by atoms with Crippen LogP contribution >= 0.6 is 35.3 Å². The molecule has 1 aromatic heterocycles. The Bertz CT molecular complexity index is 795. The molecule has 164 valence electrons. The van der Waals surface area contributed by atoms with Crippen LogP contribution < -0.4 is 5.32 Å². The highest BCUT2D eigenvalue weighted by Crippen LogP contribution is 2.21. The van der Waals surface area contributed by atoms with Gasteiger partial charge < -0.3 is 19.7 Å². The van der Waals surface area contributed by atoms with Gasteiger partial charge in [-0.15, -0.1) is 35.3 Å². The second kappa shape index (κ2) is 12.0. The number of rotatable bonds is 6. The predicted octanol–water partition coefficient (Wildman–Crippen LogP) is 3.50. The summed E-state index contributed by atoms with van der Waals surface area (Å²) in [6, 6.07) is 10.6. The molecule has 1 N–H and O–H groups in total. The minimum absolute atomic E-state index is 0. The molecule has 1 aromatic carbocycles. The molecule has 3 heterocycles. The summed E-state index contributed by atoms with van der Waals surface area (Å²) >= 11 is 1.74. The van der Waals surface area contributed by atoms with Gasteiger partial charge >= 0.3 is 0 Å². The molecule has 2 atom stereocenters. The lowest BCUT2D eigenvalue weighted by molar-refractivity contribution is -0.0817. The van der Waals surface area contributed by atoms with Crippen LogP contribution in [0.3, 0.4) is 0 Å². The summed E-state index contributed by atoms with van der Waals surface area (Å²) in [5.41, 5.74) is 2.43. The summed E-state index contributed by atoms with van der Waals surface area (Å²) in [5.74, 6) is 0.912. The fourth-order valence-corrected chi connectivity index (χ4v) is 4.73. The number of aromatic nitrogens is 1. The van der Waals surface area contributed by atoms with Crippen molar-refractivity contribution in [2.75, 3.05) is 33.4 Å². The minimum atomic E-state index is 0. The summed E-state index contributed by atoms with van der Waals surface area (Å²) in [6.45, 7) is 3.93. The largest absolute Gasteiger partial charge is 0.375 e. The first-order valence-electron chi connectivity index (χ1n) is 10.5. The van der Waals surface area contributed by atoms with Crippen LogP contribution in [0.1, 0.15) is 29.1 Å². The van der Waals surface area contributed by atoms with Gasteiger partial charge in [-0.05, 0) is 24.8 Å². The Balaban J connectivity index is 0.00000256. The van der Waals surface area contributed by atoms with Gasteiger partial charge in [0.2, 0.25) is 0 Å². The van der Waals surface area contributed by atoms with Crippen LogP contribution in [0.4, 0.5) is 0 Å². The molecule has 0 spiro atoms. The molecular formula is C22H31IN4O2S. The van der Waals surface area contributed by atoms with Gasteiger partial charge in [-0.25, -0.2) is 4.98 Å². The maximum atomic E-state index is 5.96. The Morgan fingerprint density at radius 1 is 1.20 bits per heavy atom. The molecule has 0 aliphatic carbocycles. The van der Waals surface area contributed by atoms with Crippen LogP contribution in [0.25, 0.3) is 0 Å². The smallest absolute Gasteiger partial charge is 0.194 e. The van der Waals surface area contributed by atoms with Crippen molar-refractivity contribution < 1.29 is 9.47 Å². The van der Waals surface area contributed by atoms with E-state index in [0.717, 1.165) is 57.0 Å². The summed E-state index contributed by atoms with van der Waals surface area (Å²) in [5, 5.41) is 6.81. The lowest BCUT2D eigenvalue weighted by Crippen LogP contribution is -2.53. The predicted molar refractivity (Wildman–Crippen MR) is 132 cm³/mol. The third-order valence-electron chi connectivity index (χ3n) is 5.48. The van der Waals surface area contributed by atoms with E-state index in [2.05, 4.69) is 50.9 Å². The van der Waals surface area contributed by atoms with Crippen molar-refractivity contribution in [1.82, 2.24) is 15.2 Å². The van der Waals surface area contributed by atoms with E-state index >= 15 is 0 Å². The van der Waals surface area contributed by atoms with Crippen molar-refractivity contribution >= 4 is 41.3 Å². The average Bonchev–Trinajstić information content (AvgIpc) is 3.46. The number of morpholine rings is 1. The zero-order chi connectivity index (χ0) is 19.9. The number of hydrogen-bond donors (Lipinski definition) is 1. The molecule has 2 aliphatic heterocycles. The Morgan fingerprint density at radius 2 is 2.03 bits per heavy atom. The molecule has 2 fully saturated rings. The number of hydrogen-bond acceptors (Lipinski definition) is 5. The van der Waals surface area contributed by atoms with E-state index < -0.39 is 0 Å². The lowest BCUT2D eigenvalue weighted by atomic mass is 10.1. The Labute approximate surface area is 200 Å². The average molecular weight is 542 g/mol. The van der Waals surface area contributed by atoms with E-state index in [-0.39, 0.29) is 36.2 Å². The number of aryl methyl sites for hydroxylation is 2. The topological polar surface area (TPSA) is 59.0 Å². The van der Waals surface area contributed by atoms with Gasteiger partial charge in [0.15, 0.2) is 5.96 Å². The highest BCUT2D eigenvalue weighted by molar-refractivity contribution is 14.0. The minimum Gasteiger partial charge on any atom is -0.375 e. The van der Waals surface area contributed by atoms with E-state index in [1.807, 2.05) is 7.05 Å². The normalized spacial score (nSPS) is 22.0. The molecule has 2 unspecified atom stereocenters. The number of halogens is 1. The number of thiazole rings is 1. The van der Waals surface area contributed by atoms with Gasteiger partial charge in [-0.3, -0.25) is 4.99 Å². The standard InChI is InChI=1S/C22H30N4O2S.HI/c1-23-22(26-11-13-28-20(15-26)19-8-5-12-27-19)24-14-18-16-29-21(25-18)10-9-17-6-3-2-4-7-17;/h2-4,6-7,16,19-20H,5,8-15H2,1H3,(H,23,24);1H. The summed E-state index contributed by atoms with van der Waals surface area (Å²) in [6.07, 6.45) is 4.59. The maximum absolute atomic E-state index is 5.96. The van der Waals surface area contributed by atoms with Crippen LogP contribution in [-0.4, -0.2) is 61.4 Å². The zero-order valence-electron chi connectivity index (χ0n) is 17.5. The van der Waals surface area contributed by atoms with Crippen LogP contribution in [0.15, 0.2) is 40.7 Å². The third-order valence-corrected chi connectivity index (χ3v) is 6.44. The number of aliphatic imine (C=N–C) groups is 1. The van der Waals surface area contributed by atoms with Crippen molar-refractivity contribution in [2.45, 2.75) is 44.4 Å². The molecule has 4 rings (SSSR count). The van der Waals surface area contributed by atoms with Gasteiger partial charge in [-0.1, -0.05) is 30.3 Å². The summed E-state index contributed by atoms with van der Waals surface area (Å²) in [7, 11) is 1.84. The highest BCUT2D eigenvalue weighted by atomic mass is 127. The first kappa shape index (κ1) is 23.4. The number of benzene rings is 1. The van der Waals surface area contributed by atoms with Gasteiger partial charge in [0, 0.05) is 38.5 Å². The zero-order valence-corrected chi connectivity index (χ0v) is 20.6. The summed E-state index contributed by atoms with van der Waals surface area (Å²) < 4.78 is 11.8. The lowest BCUT2D eigenvalue weighted by Gasteiger charge is -2.37. The van der Waals surface area contributed by atoms with Crippen molar-refractivity contribution in [3.05, 3.63) is 52.0 Å². The van der Waals surface area contributed by atoms with E-state index in [1.54, 1.807) is 11.3 Å². The number of guanidine groups is 1. The molecule has 2 saturated heterocycles. The second-order valence-electron chi connectivity index (χ2n) is 7.53. The quantitative estimate of drug-likeness (QED) is 0.344. The molecule has 2 aliphatic rings. The van der Waals surface area contributed by atoms with E-state index in [4.69, 9.17) is 14.5 Å². The van der Waals surface area contributed by atoms with Crippen LogP contribution in [0, 0.1) is 0 Å². The Hall–Kier alpha value is -1.23. The highest BCUT2D eigenvalue weighted by Gasteiger charge is 2.32. The molecule has 0 amide bonds. The first-order valence-corrected chi connectivity index (χ1v) is 11.4. The molecule has 6 nitrogen and oxygen atoms in total. The molecule has 8 heteroatoms. The van der Waals surface area contributed by atoms with Crippen LogP contribution in [0.5, 0.6) is 0 Å². The number of nitrogens with one attached hydrogen (secondary N) is 1. The van der Waals surface area contributed by atoms with Gasteiger partial charge in [-0.2, -0.15) is 0 Å². The molecule has 0 bridgehead atoms. The van der Waals surface area contributed by atoms with Crippen molar-refractivity contribution in [3.8, 4) is 0 Å². The second-order valence-corrected chi connectivity index (χ2v) is 8.47. The van der Waals surface area contributed by atoms with E-state index in [9.17, 15) is 0 Å². The van der Waals surface area contributed by atoms with Gasteiger partial charge in [0.05, 0.1) is 30.0 Å². The maximum Gasteiger partial charge on any atom is 0.194 e. The number of nitrogens with zero attached hydrogens (tertiary/aromatic N) is 3. The van der Waals surface area contributed by atoms with E-state index in [0.29, 0.717) is 13.2 Å². The molecule has 30 heavy (non-hydrogen) atoms. The number of ether oxygens (including phenoxy) is 2. The molecule has 2 aromatic rings. The van der Waals surface area contributed by atoms with Crippen molar-refractivity contribution in [3.63, 3.8) is 0 Å².